The molecule has 6 N–H and O–H groups in total. The van der Waals surface area contributed by atoms with Crippen molar-refractivity contribution in [1.82, 2.24) is 5.32 Å². The zero-order valence-corrected chi connectivity index (χ0v) is 15.8. The standard InChI is InChI=1S/C14H20Cl2N2O6.ClH/c1-4(17)11(22)18-10-8-7(5(19)3-6(20)9(8)21)12(23)24-14(10,2)13(15)16;/h4,6,8-10,13,19-21H,3,17H2,1-2H3,(H,18,22);1H/t4?,6-,8+,9+,10-,14-;/m0./s1. The molecule has 8 nitrogen and oxygen atoms in total. The number of aliphatic hydroxyl groups excluding tert-OH is 3. The number of nitrogens with two attached hydrogens (primary N) is 1. The molecular formula is C14H21Cl3N2O6. The fourth-order valence-electron chi connectivity index (χ4n) is 3.02. The number of carbonyl (C=O) groups excluding carboxylic acids is 2. The number of halogens is 3. The number of aliphatic hydroxyl groups is 3. The Morgan fingerprint density at radius 1 is 1.44 bits per heavy atom. The van der Waals surface area contributed by atoms with Crippen LogP contribution in [-0.4, -0.2) is 61.9 Å². The van der Waals surface area contributed by atoms with Crippen molar-refractivity contribution in [2.24, 2.45) is 11.7 Å². The number of hydrogen-bond donors (Lipinski definition) is 5. The minimum atomic E-state index is -1.60. The number of cyclic esters (lactones) is 1. The van der Waals surface area contributed by atoms with Crippen LogP contribution in [0, 0.1) is 5.92 Å². The molecule has 1 heterocycles. The molecule has 0 aromatic heterocycles. The molecule has 0 aromatic carbocycles. The molecule has 144 valence electrons. The number of hydrogen-bond acceptors (Lipinski definition) is 7. The van der Waals surface area contributed by atoms with Gasteiger partial charge in [-0.15, -0.1) is 35.6 Å². The van der Waals surface area contributed by atoms with Gasteiger partial charge in [0.2, 0.25) is 5.91 Å². The zero-order chi connectivity index (χ0) is 18.4. The summed E-state index contributed by atoms with van der Waals surface area (Å²) in [5.41, 5.74) is 3.73. The third-order valence-corrected chi connectivity index (χ3v) is 5.33. The number of fused-ring (bicyclic) bond motifs is 1. The van der Waals surface area contributed by atoms with E-state index in [0.717, 1.165) is 0 Å². The third-order valence-electron chi connectivity index (χ3n) is 4.46. The average molecular weight is 420 g/mol. The van der Waals surface area contributed by atoms with Crippen LogP contribution in [0.2, 0.25) is 0 Å². The van der Waals surface area contributed by atoms with Crippen molar-refractivity contribution in [3.63, 3.8) is 0 Å². The van der Waals surface area contributed by atoms with E-state index in [1.54, 1.807) is 0 Å². The van der Waals surface area contributed by atoms with Crippen molar-refractivity contribution in [3.8, 4) is 0 Å². The van der Waals surface area contributed by atoms with Gasteiger partial charge in [0, 0.05) is 12.3 Å². The normalized spacial score (nSPS) is 36.2. The summed E-state index contributed by atoms with van der Waals surface area (Å²) >= 11 is 11.9. The van der Waals surface area contributed by atoms with Gasteiger partial charge in [-0.25, -0.2) is 4.79 Å². The Bertz CT molecular complexity index is 585. The minimum absolute atomic E-state index is 0. The van der Waals surface area contributed by atoms with E-state index in [2.05, 4.69) is 5.32 Å². The van der Waals surface area contributed by atoms with Gasteiger partial charge < -0.3 is 31.1 Å². The first kappa shape index (κ1) is 22.3. The first-order chi connectivity index (χ1) is 11.0. The number of ether oxygens (including phenoxy) is 1. The maximum absolute atomic E-state index is 12.3. The van der Waals surface area contributed by atoms with Gasteiger partial charge in [0.15, 0.2) is 5.60 Å². The van der Waals surface area contributed by atoms with Crippen LogP contribution in [0.15, 0.2) is 11.3 Å². The molecule has 25 heavy (non-hydrogen) atoms. The quantitative estimate of drug-likeness (QED) is 0.318. The van der Waals surface area contributed by atoms with Crippen molar-refractivity contribution < 1.29 is 29.6 Å². The van der Waals surface area contributed by atoms with E-state index in [1.807, 2.05) is 0 Å². The molecule has 6 atom stereocenters. The van der Waals surface area contributed by atoms with Gasteiger partial charge in [-0.3, -0.25) is 4.79 Å². The lowest BCUT2D eigenvalue weighted by atomic mass is 9.71. The summed E-state index contributed by atoms with van der Waals surface area (Å²) in [6.07, 6.45) is -3.07. The van der Waals surface area contributed by atoms with Gasteiger partial charge in [0.05, 0.1) is 29.9 Å². The first-order valence-electron chi connectivity index (χ1n) is 7.36. The van der Waals surface area contributed by atoms with Gasteiger partial charge in [-0.2, -0.15) is 0 Å². The third kappa shape index (κ3) is 3.84. The van der Waals surface area contributed by atoms with Crippen LogP contribution >= 0.6 is 35.6 Å². The Morgan fingerprint density at radius 2 is 2.00 bits per heavy atom. The van der Waals surface area contributed by atoms with E-state index in [-0.39, 0.29) is 24.4 Å². The summed E-state index contributed by atoms with van der Waals surface area (Å²) < 4.78 is 5.28. The van der Waals surface area contributed by atoms with Gasteiger partial charge >= 0.3 is 5.97 Å². The highest BCUT2D eigenvalue weighted by Crippen LogP contribution is 2.44. The molecule has 11 heteroatoms. The number of alkyl halides is 2. The predicted octanol–water partition coefficient (Wildman–Crippen LogP) is -0.0868. The maximum atomic E-state index is 12.3. The highest BCUT2D eigenvalue weighted by molar-refractivity contribution is 6.45. The topological polar surface area (TPSA) is 142 Å². The Hall–Kier alpha value is -0.770. The van der Waals surface area contributed by atoms with E-state index in [4.69, 9.17) is 33.7 Å². The monoisotopic (exact) mass is 418 g/mol. The number of carbonyl (C=O) groups is 2. The number of nitrogens with one attached hydrogen (secondary N) is 1. The molecule has 0 spiro atoms. The summed E-state index contributed by atoms with van der Waals surface area (Å²) in [5.74, 6) is -3.07. The van der Waals surface area contributed by atoms with Crippen LogP contribution in [0.1, 0.15) is 20.3 Å². The molecule has 1 fully saturated rings. The second-order valence-electron chi connectivity index (χ2n) is 6.30. The number of rotatable bonds is 3. The lowest BCUT2D eigenvalue weighted by molar-refractivity contribution is -0.173. The van der Waals surface area contributed by atoms with Crippen molar-refractivity contribution in [1.29, 1.82) is 0 Å². The SMILES string of the molecule is CC(N)C(=O)N[C@H]1[C@@H]2C(=C(O)C[C@H](O)[C@H]2O)C(=O)O[C@]1(C)C(Cl)Cl.Cl. The highest BCUT2D eigenvalue weighted by atomic mass is 35.5. The van der Waals surface area contributed by atoms with E-state index >= 15 is 0 Å². The maximum Gasteiger partial charge on any atom is 0.338 e. The summed E-state index contributed by atoms with van der Waals surface area (Å²) in [6, 6.07) is -1.99. The smallest absolute Gasteiger partial charge is 0.338 e. The van der Waals surface area contributed by atoms with Crippen LogP contribution in [-0.2, 0) is 14.3 Å². The van der Waals surface area contributed by atoms with Crippen LogP contribution < -0.4 is 11.1 Å². The van der Waals surface area contributed by atoms with Gasteiger partial charge in [-0.1, -0.05) is 0 Å². The van der Waals surface area contributed by atoms with E-state index < -0.39 is 58.3 Å². The second kappa shape index (κ2) is 7.85. The second-order valence-corrected chi connectivity index (χ2v) is 7.39. The molecular weight excluding hydrogens is 399 g/mol. The molecule has 1 aliphatic heterocycles. The Kier molecular flexibility index (Phi) is 7.00. The van der Waals surface area contributed by atoms with Crippen LogP contribution in [0.25, 0.3) is 0 Å². The van der Waals surface area contributed by atoms with Crippen LogP contribution in [0.5, 0.6) is 0 Å². The van der Waals surface area contributed by atoms with Crippen molar-refractivity contribution in [3.05, 3.63) is 11.3 Å². The lowest BCUT2D eigenvalue weighted by Gasteiger charge is -2.50. The molecule has 0 aromatic rings. The lowest BCUT2D eigenvalue weighted by Crippen LogP contribution is -2.68. The van der Waals surface area contributed by atoms with E-state index in [1.165, 1.54) is 13.8 Å². The number of esters is 1. The summed E-state index contributed by atoms with van der Waals surface area (Å²) in [7, 11) is 0. The van der Waals surface area contributed by atoms with Crippen molar-refractivity contribution in [2.45, 2.75) is 55.0 Å². The number of amides is 1. The van der Waals surface area contributed by atoms with Crippen molar-refractivity contribution in [2.75, 3.05) is 0 Å². The molecule has 0 saturated carbocycles. The molecule has 1 aliphatic carbocycles. The molecule has 2 aliphatic rings. The highest BCUT2D eigenvalue weighted by Gasteiger charge is 2.59. The van der Waals surface area contributed by atoms with Gasteiger partial charge in [-0.05, 0) is 13.8 Å². The zero-order valence-electron chi connectivity index (χ0n) is 13.5. The van der Waals surface area contributed by atoms with Gasteiger partial charge in [0.25, 0.3) is 0 Å². The molecule has 0 bridgehead atoms. The van der Waals surface area contributed by atoms with Crippen LogP contribution in [0.3, 0.4) is 0 Å². The fourth-order valence-corrected chi connectivity index (χ4v) is 3.38. The average Bonchev–Trinajstić information content (AvgIpc) is 2.46. The van der Waals surface area contributed by atoms with Crippen molar-refractivity contribution >= 4 is 47.5 Å². The Morgan fingerprint density at radius 3 is 2.48 bits per heavy atom. The summed E-state index contributed by atoms with van der Waals surface area (Å²) in [5, 5.41) is 32.9. The van der Waals surface area contributed by atoms with Crippen LogP contribution in [0.4, 0.5) is 0 Å². The summed E-state index contributed by atoms with van der Waals surface area (Å²) in [6.45, 7) is 2.84. The van der Waals surface area contributed by atoms with Gasteiger partial charge in [0.1, 0.15) is 10.6 Å². The fraction of sp³-hybridized carbons (Fsp3) is 0.714. The summed E-state index contributed by atoms with van der Waals surface area (Å²) in [4.78, 5) is 23.1. The van der Waals surface area contributed by atoms with E-state index in [0.29, 0.717) is 0 Å². The van der Waals surface area contributed by atoms with E-state index in [9.17, 15) is 24.9 Å². The Labute approximate surface area is 160 Å². The largest absolute Gasteiger partial charge is 0.512 e. The molecule has 0 radical (unpaired) electrons. The minimum Gasteiger partial charge on any atom is -0.512 e. The first-order valence-corrected chi connectivity index (χ1v) is 8.23. The molecule has 1 unspecified atom stereocenters. The predicted molar refractivity (Wildman–Crippen MR) is 92.6 cm³/mol. The molecule has 2 rings (SSSR count). The molecule has 1 amide bonds. The Balaban J connectivity index is 0.00000312. The molecule has 1 saturated heterocycles.